The molecule has 2 amide bonds. The summed E-state index contributed by atoms with van der Waals surface area (Å²) >= 11 is 0. The van der Waals surface area contributed by atoms with E-state index < -0.39 is 16.6 Å². The Hall–Kier alpha value is -3.03. The van der Waals surface area contributed by atoms with Crippen LogP contribution in [0.3, 0.4) is 0 Å². The molecule has 138 valence electrons. The quantitative estimate of drug-likeness (QED) is 0.202. The average molecular weight is 368 g/mol. The van der Waals surface area contributed by atoms with E-state index in [0.29, 0.717) is 11.8 Å². The summed E-state index contributed by atoms with van der Waals surface area (Å²) in [7, 11) is 0. The number of imide groups is 1. The zero-order valence-electron chi connectivity index (χ0n) is 14.4. The number of carbonyl (C=O) groups excluding carboxylic acids is 3. The van der Waals surface area contributed by atoms with E-state index in [9.17, 15) is 24.5 Å². The second kappa shape index (κ2) is 5.25. The summed E-state index contributed by atoms with van der Waals surface area (Å²) in [6.07, 6.45) is 5.21. The van der Waals surface area contributed by atoms with Crippen LogP contribution in [-0.4, -0.2) is 22.7 Å². The topological polar surface area (TPSA) is 107 Å². The summed E-state index contributed by atoms with van der Waals surface area (Å²) in [4.78, 5) is 49.0. The third-order valence-corrected chi connectivity index (χ3v) is 6.31. The van der Waals surface area contributed by atoms with E-state index in [1.165, 1.54) is 12.1 Å². The Morgan fingerprint density at radius 2 is 1.74 bits per heavy atom. The summed E-state index contributed by atoms with van der Waals surface area (Å²) in [6.45, 7) is 1.14. The maximum Gasteiger partial charge on any atom is 0.313 e. The number of ether oxygens (including phenoxy) is 1. The van der Waals surface area contributed by atoms with Gasteiger partial charge in [0.15, 0.2) is 0 Å². The lowest BCUT2D eigenvalue weighted by Gasteiger charge is -2.37. The number of carbonyl (C=O) groups is 3. The van der Waals surface area contributed by atoms with E-state index in [-0.39, 0.29) is 46.9 Å². The van der Waals surface area contributed by atoms with E-state index in [1.807, 2.05) is 0 Å². The van der Waals surface area contributed by atoms with E-state index in [0.717, 1.165) is 24.3 Å². The van der Waals surface area contributed by atoms with E-state index in [1.54, 1.807) is 0 Å². The second-order valence-corrected chi connectivity index (χ2v) is 7.67. The predicted molar refractivity (Wildman–Crippen MR) is 91.6 cm³/mol. The molecule has 1 aliphatic heterocycles. The molecular weight excluding hydrogens is 352 g/mol. The summed E-state index contributed by atoms with van der Waals surface area (Å²) in [6, 6.07) is 3.79. The zero-order valence-corrected chi connectivity index (χ0v) is 14.4. The molecule has 8 heteroatoms. The van der Waals surface area contributed by atoms with Crippen molar-refractivity contribution in [2.75, 3.05) is 4.90 Å². The molecule has 1 heterocycles. The number of benzene rings is 1. The molecule has 1 aromatic rings. The number of hydrogen-bond acceptors (Lipinski definition) is 6. The maximum absolute atomic E-state index is 13.1. The molecule has 1 aromatic carbocycles. The van der Waals surface area contributed by atoms with Gasteiger partial charge in [-0.2, -0.15) is 0 Å². The molecule has 8 nitrogen and oxygen atoms in total. The first kappa shape index (κ1) is 16.2. The molecule has 2 bridgehead atoms. The Morgan fingerprint density at radius 1 is 1.15 bits per heavy atom. The largest absolute Gasteiger partial charge is 0.419 e. The first-order valence-corrected chi connectivity index (χ1v) is 8.91. The van der Waals surface area contributed by atoms with Gasteiger partial charge in [0.2, 0.25) is 17.6 Å². The van der Waals surface area contributed by atoms with E-state index >= 15 is 0 Å². The molecular formula is C19H16N2O6. The molecule has 3 fully saturated rings. The van der Waals surface area contributed by atoms with Crippen molar-refractivity contribution in [2.45, 2.75) is 13.3 Å². The van der Waals surface area contributed by atoms with Crippen molar-refractivity contribution in [2.24, 2.45) is 35.5 Å². The lowest BCUT2D eigenvalue weighted by molar-refractivity contribution is -0.385. The van der Waals surface area contributed by atoms with Crippen LogP contribution in [0.5, 0.6) is 5.75 Å². The van der Waals surface area contributed by atoms with Crippen LogP contribution < -0.4 is 9.64 Å². The molecule has 0 N–H and O–H groups in total. The number of allylic oxidation sites excluding steroid dienone is 2. The zero-order chi connectivity index (χ0) is 19.0. The minimum Gasteiger partial charge on any atom is -0.419 e. The summed E-state index contributed by atoms with van der Waals surface area (Å²) in [5.41, 5.74) is -0.308. The fraction of sp³-hybridized carbons (Fsp3) is 0.421. The van der Waals surface area contributed by atoms with Crippen molar-refractivity contribution < 1.29 is 24.0 Å². The van der Waals surface area contributed by atoms with Gasteiger partial charge < -0.3 is 4.74 Å². The fourth-order valence-electron chi connectivity index (χ4n) is 5.24. The minimum atomic E-state index is -0.694. The Morgan fingerprint density at radius 3 is 2.26 bits per heavy atom. The Balaban J connectivity index is 1.53. The summed E-state index contributed by atoms with van der Waals surface area (Å²) < 4.78 is 4.86. The monoisotopic (exact) mass is 368 g/mol. The van der Waals surface area contributed by atoms with Crippen LogP contribution in [-0.2, 0) is 14.4 Å². The van der Waals surface area contributed by atoms with Gasteiger partial charge in [-0.15, -0.1) is 0 Å². The van der Waals surface area contributed by atoms with Crippen LogP contribution in [0.4, 0.5) is 11.4 Å². The van der Waals surface area contributed by atoms with Gasteiger partial charge in [0.1, 0.15) is 0 Å². The molecule has 1 saturated heterocycles. The van der Waals surface area contributed by atoms with Crippen molar-refractivity contribution in [3.05, 3.63) is 40.5 Å². The molecule has 0 radical (unpaired) electrons. The molecule has 6 atom stereocenters. The predicted octanol–water partition coefficient (Wildman–Crippen LogP) is 2.08. The summed E-state index contributed by atoms with van der Waals surface area (Å²) in [5.74, 6) is -1.08. The van der Waals surface area contributed by atoms with Crippen molar-refractivity contribution in [1.82, 2.24) is 0 Å². The molecule has 2 saturated carbocycles. The van der Waals surface area contributed by atoms with Gasteiger partial charge in [-0.1, -0.05) is 12.2 Å². The molecule has 5 aliphatic rings. The van der Waals surface area contributed by atoms with Gasteiger partial charge in [0.25, 0.3) is 0 Å². The van der Waals surface area contributed by atoms with E-state index in [2.05, 4.69) is 12.2 Å². The second-order valence-electron chi connectivity index (χ2n) is 7.67. The van der Waals surface area contributed by atoms with Crippen LogP contribution in [0, 0.1) is 45.6 Å². The number of amides is 2. The number of nitrogens with zero attached hydrogens (tertiary/aromatic N) is 2. The fourth-order valence-corrected chi connectivity index (χ4v) is 5.24. The Bertz CT molecular complexity index is 918. The Kier molecular flexibility index (Phi) is 3.14. The van der Waals surface area contributed by atoms with Gasteiger partial charge in [-0.05, 0) is 42.2 Å². The first-order chi connectivity index (χ1) is 12.9. The van der Waals surface area contributed by atoms with Gasteiger partial charge >= 0.3 is 11.7 Å². The van der Waals surface area contributed by atoms with Crippen molar-refractivity contribution in [1.29, 1.82) is 0 Å². The number of anilines is 1. The van der Waals surface area contributed by atoms with Crippen LogP contribution in [0.15, 0.2) is 30.4 Å². The maximum atomic E-state index is 13.1. The molecule has 4 aliphatic carbocycles. The smallest absolute Gasteiger partial charge is 0.313 e. The minimum absolute atomic E-state index is 0.0850. The standard InChI is InChI=1S/C19H16N2O6/c1-8(22)27-15-5-2-9(6-14(15)21(25)26)20-18(23)16-10-3-4-11(13-7-12(10)13)17(16)19(20)24/h2-6,10-13,16-17H,7H2,1H3/t10-,11-,12-,13-,16+,17+/m1/s1. The highest BCUT2D eigenvalue weighted by Crippen LogP contribution is 2.65. The number of hydrogen-bond donors (Lipinski definition) is 0. The first-order valence-electron chi connectivity index (χ1n) is 8.91. The van der Waals surface area contributed by atoms with Gasteiger partial charge in [-0.3, -0.25) is 24.5 Å². The lowest BCUT2D eigenvalue weighted by atomic mass is 9.63. The van der Waals surface area contributed by atoms with Gasteiger partial charge in [0.05, 0.1) is 22.4 Å². The van der Waals surface area contributed by atoms with Crippen molar-refractivity contribution in [3.8, 4) is 5.75 Å². The van der Waals surface area contributed by atoms with Crippen LogP contribution in [0.2, 0.25) is 0 Å². The molecule has 0 spiro atoms. The van der Waals surface area contributed by atoms with Crippen LogP contribution in [0.25, 0.3) is 0 Å². The van der Waals surface area contributed by atoms with E-state index in [4.69, 9.17) is 4.74 Å². The van der Waals surface area contributed by atoms with Crippen LogP contribution in [0.1, 0.15) is 13.3 Å². The highest BCUT2D eigenvalue weighted by Gasteiger charge is 2.67. The SMILES string of the molecule is CC(=O)Oc1ccc(N2C(=O)[C@H]3[C@@H]4C=C[C@H]([C@H]5C[C@H]45)[C@@H]3C2=O)cc1[N+](=O)[O-]. The summed E-state index contributed by atoms with van der Waals surface area (Å²) in [5, 5.41) is 11.4. The average Bonchev–Trinajstić information content (AvgIpc) is 3.39. The number of nitro groups is 1. The third-order valence-electron chi connectivity index (χ3n) is 6.31. The highest BCUT2D eigenvalue weighted by molar-refractivity contribution is 6.22. The number of esters is 1. The number of nitro benzene ring substituents is 1. The highest BCUT2D eigenvalue weighted by atomic mass is 16.6. The lowest BCUT2D eigenvalue weighted by Crippen LogP contribution is -2.40. The third kappa shape index (κ3) is 2.12. The molecule has 0 aromatic heterocycles. The van der Waals surface area contributed by atoms with Gasteiger partial charge in [0, 0.05) is 13.0 Å². The van der Waals surface area contributed by atoms with Crippen molar-refractivity contribution >= 4 is 29.2 Å². The molecule has 0 unspecified atom stereocenters. The molecule has 27 heavy (non-hydrogen) atoms. The molecule has 6 rings (SSSR count). The number of rotatable bonds is 3. The normalized spacial score (nSPS) is 35.1. The Labute approximate surface area is 153 Å². The van der Waals surface area contributed by atoms with Crippen LogP contribution >= 0.6 is 0 Å². The van der Waals surface area contributed by atoms with Gasteiger partial charge in [-0.25, -0.2) is 4.90 Å². The van der Waals surface area contributed by atoms with Crippen molar-refractivity contribution in [3.63, 3.8) is 0 Å².